The van der Waals surface area contributed by atoms with E-state index < -0.39 is 0 Å². The van der Waals surface area contributed by atoms with Crippen molar-refractivity contribution in [1.29, 1.82) is 0 Å². The zero-order valence-corrected chi connectivity index (χ0v) is 14.4. The third kappa shape index (κ3) is 4.68. The molecular formula is C16H23N3O2S. The van der Waals surface area contributed by atoms with Crippen molar-refractivity contribution in [3.63, 3.8) is 0 Å². The summed E-state index contributed by atoms with van der Waals surface area (Å²) in [5.41, 5.74) is 0.731. The molecule has 0 radical (unpaired) electrons. The highest BCUT2D eigenvalue weighted by molar-refractivity contribution is 7.09. The SMILES string of the molecule is CCN(CC(=O)Nc1cc(C(C)(C)C)no1)Cc1cccs1. The van der Waals surface area contributed by atoms with Crippen molar-refractivity contribution in [2.75, 3.05) is 18.4 Å². The first-order valence-electron chi connectivity index (χ1n) is 7.40. The van der Waals surface area contributed by atoms with E-state index in [2.05, 4.69) is 42.2 Å². The number of nitrogens with one attached hydrogen (secondary N) is 1. The normalized spacial score (nSPS) is 11.9. The van der Waals surface area contributed by atoms with Crippen LogP contribution in [-0.2, 0) is 16.8 Å². The van der Waals surface area contributed by atoms with E-state index in [1.54, 1.807) is 17.4 Å². The summed E-state index contributed by atoms with van der Waals surface area (Å²) in [7, 11) is 0. The predicted octanol–water partition coefficient (Wildman–Crippen LogP) is 3.49. The second kappa shape index (κ2) is 7.07. The van der Waals surface area contributed by atoms with E-state index in [1.807, 2.05) is 18.4 Å². The molecule has 0 aliphatic rings. The van der Waals surface area contributed by atoms with E-state index in [4.69, 9.17) is 4.52 Å². The zero-order chi connectivity index (χ0) is 16.2. The van der Waals surface area contributed by atoms with E-state index in [0.29, 0.717) is 12.4 Å². The van der Waals surface area contributed by atoms with Gasteiger partial charge in [-0.25, -0.2) is 0 Å². The highest BCUT2D eigenvalue weighted by atomic mass is 32.1. The molecule has 6 heteroatoms. The Kier molecular flexibility index (Phi) is 5.37. The summed E-state index contributed by atoms with van der Waals surface area (Å²) in [6.07, 6.45) is 0. The van der Waals surface area contributed by atoms with Gasteiger partial charge in [-0.05, 0) is 18.0 Å². The fourth-order valence-electron chi connectivity index (χ4n) is 1.97. The van der Waals surface area contributed by atoms with Crippen LogP contribution in [-0.4, -0.2) is 29.1 Å². The number of hydrogen-bond donors (Lipinski definition) is 1. The molecule has 1 N–H and O–H groups in total. The number of rotatable bonds is 6. The van der Waals surface area contributed by atoms with Gasteiger partial charge in [0.25, 0.3) is 0 Å². The third-order valence-electron chi connectivity index (χ3n) is 3.32. The number of nitrogens with zero attached hydrogens (tertiary/aromatic N) is 2. The van der Waals surface area contributed by atoms with Crippen LogP contribution in [0.5, 0.6) is 0 Å². The fraction of sp³-hybridized carbons (Fsp3) is 0.500. The van der Waals surface area contributed by atoms with Gasteiger partial charge in [0.2, 0.25) is 11.8 Å². The predicted molar refractivity (Wildman–Crippen MR) is 89.1 cm³/mol. The lowest BCUT2D eigenvalue weighted by atomic mass is 9.92. The number of amides is 1. The Hall–Kier alpha value is -1.66. The van der Waals surface area contributed by atoms with Crippen LogP contribution in [0.3, 0.4) is 0 Å². The van der Waals surface area contributed by atoms with Crippen LogP contribution in [0.25, 0.3) is 0 Å². The molecular weight excluding hydrogens is 298 g/mol. The summed E-state index contributed by atoms with van der Waals surface area (Å²) in [6.45, 7) is 10.1. The molecule has 0 unspecified atom stereocenters. The molecule has 120 valence electrons. The molecule has 0 fully saturated rings. The molecule has 2 aromatic rings. The van der Waals surface area contributed by atoms with Gasteiger partial charge in [-0.15, -0.1) is 11.3 Å². The van der Waals surface area contributed by atoms with Crippen LogP contribution in [0.4, 0.5) is 5.88 Å². The summed E-state index contributed by atoms with van der Waals surface area (Å²) in [4.78, 5) is 15.5. The highest BCUT2D eigenvalue weighted by Gasteiger charge is 2.20. The third-order valence-corrected chi connectivity index (χ3v) is 4.18. The second-order valence-electron chi connectivity index (χ2n) is 6.26. The number of likely N-dealkylation sites (N-methyl/N-ethyl adjacent to an activating group) is 1. The minimum Gasteiger partial charge on any atom is -0.338 e. The number of carbonyl (C=O) groups excluding carboxylic acids is 1. The standard InChI is InChI=1S/C16H23N3O2S/c1-5-19(10-12-7-6-8-22-12)11-14(20)17-15-9-13(18-21-15)16(2,3)4/h6-9H,5,10-11H2,1-4H3,(H,17,20). The molecule has 0 spiro atoms. The zero-order valence-electron chi connectivity index (χ0n) is 13.5. The lowest BCUT2D eigenvalue weighted by Crippen LogP contribution is -2.32. The van der Waals surface area contributed by atoms with Gasteiger partial charge in [0.15, 0.2) is 0 Å². The molecule has 5 nitrogen and oxygen atoms in total. The van der Waals surface area contributed by atoms with Gasteiger partial charge in [0, 0.05) is 22.9 Å². The summed E-state index contributed by atoms with van der Waals surface area (Å²) < 4.78 is 5.18. The Morgan fingerprint density at radius 2 is 2.23 bits per heavy atom. The largest absolute Gasteiger partial charge is 0.338 e. The Morgan fingerprint density at radius 3 is 2.77 bits per heavy atom. The van der Waals surface area contributed by atoms with E-state index in [-0.39, 0.29) is 11.3 Å². The average molecular weight is 321 g/mol. The Morgan fingerprint density at radius 1 is 1.45 bits per heavy atom. The molecule has 0 atom stereocenters. The van der Waals surface area contributed by atoms with Crippen LogP contribution >= 0.6 is 11.3 Å². The minimum atomic E-state index is -0.0961. The van der Waals surface area contributed by atoms with Crippen molar-refractivity contribution in [2.24, 2.45) is 0 Å². The molecule has 1 amide bonds. The number of carbonyl (C=O) groups is 1. The summed E-state index contributed by atoms with van der Waals surface area (Å²) >= 11 is 1.70. The number of thiophene rings is 1. The fourth-order valence-corrected chi connectivity index (χ4v) is 2.72. The van der Waals surface area contributed by atoms with Crippen LogP contribution in [0, 0.1) is 0 Å². The highest BCUT2D eigenvalue weighted by Crippen LogP contribution is 2.23. The van der Waals surface area contributed by atoms with Gasteiger partial charge in [0.1, 0.15) is 0 Å². The Labute approximate surface area is 135 Å². The molecule has 0 aromatic carbocycles. The van der Waals surface area contributed by atoms with Crippen molar-refractivity contribution in [3.8, 4) is 0 Å². The van der Waals surface area contributed by atoms with Gasteiger partial charge in [-0.2, -0.15) is 0 Å². The van der Waals surface area contributed by atoms with Crippen molar-refractivity contribution >= 4 is 23.1 Å². The maximum absolute atomic E-state index is 12.1. The van der Waals surface area contributed by atoms with E-state index >= 15 is 0 Å². The first-order valence-corrected chi connectivity index (χ1v) is 8.28. The summed E-state index contributed by atoms with van der Waals surface area (Å²) in [6, 6.07) is 5.89. The monoisotopic (exact) mass is 321 g/mol. The molecule has 0 aliphatic carbocycles. The van der Waals surface area contributed by atoms with Gasteiger partial charge in [-0.1, -0.05) is 38.9 Å². The lowest BCUT2D eigenvalue weighted by molar-refractivity contribution is -0.117. The van der Waals surface area contributed by atoms with Crippen molar-refractivity contribution in [1.82, 2.24) is 10.1 Å². The summed E-state index contributed by atoms with van der Waals surface area (Å²) in [5, 5.41) is 8.82. The number of aromatic nitrogens is 1. The first-order chi connectivity index (χ1) is 10.4. The van der Waals surface area contributed by atoms with Gasteiger partial charge in [0.05, 0.1) is 12.2 Å². The maximum atomic E-state index is 12.1. The average Bonchev–Trinajstić information content (AvgIpc) is 3.08. The van der Waals surface area contributed by atoms with E-state index in [9.17, 15) is 4.79 Å². The molecule has 2 aromatic heterocycles. The van der Waals surface area contributed by atoms with E-state index in [0.717, 1.165) is 18.8 Å². The van der Waals surface area contributed by atoms with Crippen LogP contribution in [0.15, 0.2) is 28.1 Å². The number of anilines is 1. The Balaban J connectivity index is 1.90. The van der Waals surface area contributed by atoms with Crippen LogP contribution in [0.1, 0.15) is 38.3 Å². The van der Waals surface area contributed by atoms with Crippen molar-refractivity contribution in [3.05, 3.63) is 34.2 Å². The number of hydrogen-bond acceptors (Lipinski definition) is 5. The molecule has 0 bridgehead atoms. The van der Waals surface area contributed by atoms with Crippen LogP contribution < -0.4 is 5.32 Å². The van der Waals surface area contributed by atoms with Crippen molar-refractivity contribution in [2.45, 2.75) is 39.7 Å². The molecule has 2 heterocycles. The van der Waals surface area contributed by atoms with Crippen LogP contribution in [0.2, 0.25) is 0 Å². The lowest BCUT2D eigenvalue weighted by Gasteiger charge is -2.18. The molecule has 22 heavy (non-hydrogen) atoms. The first kappa shape index (κ1) is 16.7. The van der Waals surface area contributed by atoms with Gasteiger partial charge >= 0.3 is 0 Å². The Bertz CT molecular complexity index is 599. The minimum absolute atomic E-state index is 0.0879. The summed E-state index contributed by atoms with van der Waals surface area (Å²) in [5.74, 6) is 0.317. The molecule has 0 saturated carbocycles. The quantitative estimate of drug-likeness (QED) is 0.885. The van der Waals surface area contributed by atoms with Gasteiger partial charge < -0.3 is 4.52 Å². The maximum Gasteiger partial charge on any atom is 0.240 e. The topological polar surface area (TPSA) is 58.4 Å². The smallest absolute Gasteiger partial charge is 0.240 e. The van der Waals surface area contributed by atoms with E-state index in [1.165, 1.54) is 4.88 Å². The van der Waals surface area contributed by atoms with Gasteiger partial charge in [-0.3, -0.25) is 15.0 Å². The second-order valence-corrected chi connectivity index (χ2v) is 7.29. The van der Waals surface area contributed by atoms with Crippen molar-refractivity contribution < 1.29 is 9.32 Å². The molecule has 0 saturated heterocycles. The molecule has 2 rings (SSSR count). The molecule has 0 aliphatic heterocycles.